The molecule has 25 heavy (non-hydrogen) atoms. The fourth-order valence-electron chi connectivity index (χ4n) is 2.57. The average Bonchev–Trinajstić information content (AvgIpc) is 2.99. The van der Waals surface area contributed by atoms with E-state index in [0.29, 0.717) is 26.6 Å². The molecule has 2 N–H and O–H groups in total. The molecular weight excluding hydrogens is 360 g/mol. The summed E-state index contributed by atoms with van der Waals surface area (Å²) in [6, 6.07) is 12.4. The van der Waals surface area contributed by atoms with Gasteiger partial charge in [0.25, 0.3) is 5.56 Å². The minimum atomic E-state index is -0.275. The first-order valence-electron chi connectivity index (χ1n) is 7.42. The molecular formula is C17H11ClN4O2S. The molecule has 0 saturated carbocycles. The molecule has 2 aromatic carbocycles. The van der Waals surface area contributed by atoms with Crippen molar-refractivity contribution in [3.63, 3.8) is 0 Å². The van der Waals surface area contributed by atoms with Crippen molar-refractivity contribution in [3.8, 4) is 0 Å². The van der Waals surface area contributed by atoms with Crippen LogP contribution in [0.25, 0.3) is 21.0 Å². The van der Waals surface area contributed by atoms with Gasteiger partial charge in [0.1, 0.15) is 0 Å². The number of nitrogens with zero attached hydrogens (tertiary/aromatic N) is 2. The molecule has 8 heteroatoms. The lowest BCUT2D eigenvalue weighted by Gasteiger charge is -2.04. The molecule has 0 radical (unpaired) electrons. The summed E-state index contributed by atoms with van der Waals surface area (Å²) in [6.07, 6.45) is 0.0357. The van der Waals surface area contributed by atoms with Crippen molar-refractivity contribution < 1.29 is 4.79 Å². The number of amides is 1. The van der Waals surface area contributed by atoms with E-state index in [2.05, 4.69) is 20.5 Å². The van der Waals surface area contributed by atoms with Gasteiger partial charge in [-0.05, 0) is 24.3 Å². The molecule has 0 unspecified atom stereocenters. The van der Waals surface area contributed by atoms with Crippen LogP contribution in [0.4, 0.5) is 5.13 Å². The zero-order chi connectivity index (χ0) is 17.4. The Morgan fingerprint density at radius 2 is 2.00 bits per heavy atom. The number of fused-ring (bicyclic) bond motifs is 2. The van der Waals surface area contributed by atoms with Crippen molar-refractivity contribution in [2.24, 2.45) is 0 Å². The van der Waals surface area contributed by atoms with Gasteiger partial charge in [-0.1, -0.05) is 41.1 Å². The number of aromatic nitrogens is 3. The van der Waals surface area contributed by atoms with Gasteiger partial charge in [-0.15, -0.1) is 0 Å². The predicted octanol–water partition coefficient (Wildman–Crippen LogP) is 3.37. The standard InChI is InChI=1S/C17H11ClN4O2S/c18-9-5-6-12-14(7-9)25-17(19-12)20-15(23)8-13-10-3-1-2-4-11(10)16(24)22-21-13/h1-7H,8H2,(H,22,24)(H,19,20,23). The molecule has 0 aliphatic rings. The number of thiazole rings is 1. The van der Waals surface area contributed by atoms with Gasteiger partial charge in [0.05, 0.1) is 27.7 Å². The number of H-pyrrole nitrogens is 1. The summed E-state index contributed by atoms with van der Waals surface area (Å²) in [4.78, 5) is 28.5. The summed E-state index contributed by atoms with van der Waals surface area (Å²) < 4.78 is 0.899. The highest BCUT2D eigenvalue weighted by Crippen LogP contribution is 2.28. The van der Waals surface area contributed by atoms with E-state index in [0.717, 1.165) is 10.2 Å². The van der Waals surface area contributed by atoms with Gasteiger partial charge >= 0.3 is 0 Å². The summed E-state index contributed by atoms with van der Waals surface area (Å²) >= 11 is 7.31. The Bertz CT molecular complexity index is 1170. The topological polar surface area (TPSA) is 87.7 Å². The van der Waals surface area contributed by atoms with Gasteiger partial charge < -0.3 is 5.32 Å². The number of benzene rings is 2. The highest BCUT2D eigenvalue weighted by molar-refractivity contribution is 7.22. The Kier molecular flexibility index (Phi) is 3.95. The molecule has 0 aliphatic carbocycles. The van der Waals surface area contributed by atoms with Crippen LogP contribution < -0.4 is 10.9 Å². The van der Waals surface area contributed by atoms with E-state index in [1.54, 1.807) is 36.4 Å². The molecule has 0 spiro atoms. The Morgan fingerprint density at radius 3 is 2.84 bits per heavy atom. The number of rotatable bonds is 3. The zero-order valence-corrected chi connectivity index (χ0v) is 14.3. The maximum absolute atomic E-state index is 12.4. The quantitative estimate of drug-likeness (QED) is 0.578. The Labute approximate surface area is 150 Å². The van der Waals surface area contributed by atoms with Crippen LogP contribution in [0, 0.1) is 0 Å². The SMILES string of the molecule is O=C(Cc1n[nH]c(=O)c2ccccc12)Nc1nc2ccc(Cl)cc2s1. The third-order valence-electron chi connectivity index (χ3n) is 3.70. The molecule has 0 saturated heterocycles. The lowest BCUT2D eigenvalue weighted by molar-refractivity contribution is -0.115. The maximum Gasteiger partial charge on any atom is 0.272 e. The second kappa shape index (κ2) is 6.27. The van der Waals surface area contributed by atoms with Crippen LogP contribution in [-0.2, 0) is 11.2 Å². The second-order valence-corrected chi connectivity index (χ2v) is 6.87. The Balaban J connectivity index is 1.60. The van der Waals surface area contributed by atoms with Crippen LogP contribution >= 0.6 is 22.9 Å². The van der Waals surface area contributed by atoms with Crippen molar-refractivity contribution in [2.75, 3.05) is 5.32 Å². The van der Waals surface area contributed by atoms with Crippen LogP contribution in [0.3, 0.4) is 0 Å². The molecule has 0 bridgehead atoms. The minimum Gasteiger partial charge on any atom is -0.302 e. The number of hydrogen-bond acceptors (Lipinski definition) is 5. The molecule has 4 aromatic rings. The van der Waals surface area contributed by atoms with Crippen molar-refractivity contribution in [1.82, 2.24) is 15.2 Å². The van der Waals surface area contributed by atoms with Crippen molar-refractivity contribution >= 4 is 55.0 Å². The maximum atomic E-state index is 12.4. The third kappa shape index (κ3) is 3.11. The van der Waals surface area contributed by atoms with Gasteiger partial charge in [-0.25, -0.2) is 10.1 Å². The summed E-state index contributed by atoms with van der Waals surface area (Å²) in [5.41, 5.74) is 1.01. The third-order valence-corrected chi connectivity index (χ3v) is 4.87. The molecule has 0 aliphatic heterocycles. The smallest absolute Gasteiger partial charge is 0.272 e. The van der Waals surface area contributed by atoms with Crippen LogP contribution in [0.15, 0.2) is 47.3 Å². The summed E-state index contributed by atoms with van der Waals surface area (Å²) in [5, 5.41) is 11.5. The summed E-state index contributed by atoms with van der Waals surface area (Å²) in [7, 11) is 0. The molecule has 1 amide bonds. The number of nitrogens with one attached hydrogen (secondary N) is 2. The number of carbonyl (C=O) groups excluding carboxylic acids is 1. The van der Waals surface area contributed by atoms with Crippen molar-refractivity contribution in [1.29, 1.82) is 0 Å². The predicted molar refractivity (Wildman–Crippen MR) is 99.3 cm³/mol. The van der Waals surface area contributed by atoms with Gasteiger partial charge in [0, 0.05) is 10.4 Å². The molecule has 0 atom stereocenters. The lowest BCUT2D eigenvalue weighted by Crippen LogP contribution is -2.18. The molecule has 4 rings (SSSR count). The summed E-state index contributed by atoms with van der Waals surface area (Å²) in [6.45, 7) is 0. The zero-order valence-electron chi connectivity index (χ0n) is 12.7. The Hall–Kier alpha value is -2.77. The lowest BCUT2D eigenvalue weighted by atomic mass is 10.1. The molecule has 6 nitrogen and oxygen atoms in total. The van der Waals surface area contributed by atoms with Crippen LogP contribution in [-0.4, -0.2) is 21.1 Å². The Morgan fingerprint density at radius 1 is 1.20 bits per heavy atom. The highest BCUT2D eigenvalue weighted by Gasteiger charge is 2.13. The molecule has 0 fully saturated rings. The molecule has 124 valence electrons. The number of hydrogen-bond donors (Lipinski definition) is 2. The number of anilines is 1. The van der Waals surface area contributed by atoms with E-state index in [4.69, 9.17) is 11.6 Å². The largest absolute Gasteiger partial charge is 0.302 e. The average molecular weight is 371 g/mol. The number of halogens is 1. The van der Waals surface area contributed by atoms with Crippen molar-refractivity contribution in [2.45, 2.75) is 6.42 Å². The minimum absolute atomic E-state index is 0.0357. The second-order valence-electron chi connectivity index (χ2n) is 5.40. The number of aromatic amines is 1. The first-order valence-corrected chi connectivity index (χ1v) is 8.62. The molecule has 2 aromatic heterocycles. The van der Waals surface area contributed by atoms with E-state index in [1.807, 2.05) is 6.07 Å². The van der Waals surface area contributed by atoms with E-state index < -0.39 is 0 Å². The van der Waals surface area contributed by atoms with E-state index >= 15 is 0 Å². The van der Waals surface area contributed by atoms with Crippen LogP contribution in [0.5, 0.6) is 0 Å². The van der Waals surface area contributed by atoms with Crippen LogP contribution in [0.2, 0.25) is 5.02 Å². The van der Waals surface area contributed by atoms with Gasteiger partial charge in [-0.3, -0.25) is 9.59 Å². The first-order chi connectivity index (χ1) is 12.1. The highest BCUT2D eigenvalue weighted by atomic mass is 35.5. The van der Waals surface area contributed by atoms with Gasteiger partial charge in [-0.2, -0.15) is 5.10 Å². The fourth-order valence-corrected chi connectivity index (χ4v) is 3.73. The normalized spacial score (nSPS) is 11.1. The fraction of sp³-hybridized carbons (Fsp3) is 0.0588. The van der Waals surface area contributed by atoms with E-state index in [-0.39, 0.29) is 17.9 Å². The van der Waals surface area contributed by atoms with Gasteiger partial charge in [0.2, 0.25) is 5.91 Å². The van der Waals surface area contributed by atoms with Gasteiger partial charge in [0.15, 0.2) is 5.13 Å². The summed E-state index contributed by atoms with van der Waals surface area (Å²) in [5.74, 6) is -0.255. The number of carbonyl (C=O) groups is 1. The van der Waals surface area contributed by atoms with E-state index in [1.165, 1.54) is 11.3 Å². The monoisotopic (exact) mass is 370 g/mol. The first kappa shape index (κ1) is 15.7. The van der Waals surface area contributed by atoms with Crippen LogP contribution in [0.1, 0.15) is 5.69 Å². The van der Waals surface area contributed by atoms with E-state index in [9.17, 15) is 9.59 Å². The molecule has 2 heterocycles. The van der Waals surface area contributed by atoms with Crippen molar-refractivity contribution in [3.05, 3.63) is 63.5 Å².